The first-order chi connectivity index (χ1) is 13.6. The molecule has 0 aliphatic rings. The van der Waals surface area contributed by atoms with Crippen molar-refractivity contribution in [2.45, 2.75) is 6.04 Å². The van der Waals surface area contributed by atoms with Gasteiger partial charge >= 0.3 is 0 Å². The third kappa shape index (κ3) is 4.38. The zero-order valence-corrected chi connectivity index (χ0v) is 15.6. The molecule has 3 aromatic rings. The van der Waals surface area contributed by atoms with E-state index in [2.05, 4.69) is 0 Å². The minimum Gasteiger partial charge on any atom is -0.483 e. The van der Waals surface area contributed by atoms with E-state index in [-0.39, 0.29) is 24.1 Å². The average Bonchev–Trinajstić information content (AvgIpc) is 2.73. The van der Waals surface area contributed by atoms with Gasteiger partial charge in [0.2, 0.25) is 0 Å². The highest BCUT2D eigenvalue weighted by Gasteiger charge is 2.24. The summed E-state index contributed by atoms with van der Waals surface area (Å²) < 4.78 is 5.61. The van der Waals surface area contributed by atoms with Crippen LogP contribution in [-0.4, -0.2) is 30.4 Å². The van der Waals surface area contributed by atoms with Crippen LogP contribution in [0.1, 0.15) is 27.5 Å². The molecular formula is C23H22N2O3. The molecule has 0 aliphatic carbocycles. The summed E-state index contributed by atoms with van der Waals surface area (Å²) in [7, 11) is 1.75. The highest BCUT2D eigenvalue weighted by molar-refractivity contribution is 5.95. The number of likely N-dealkylation sites (N-methyl/N-ethyl adjacent to an activating group) is 1. The summed E-state index contributed by atoms with van der Waals surface area (Å²) in [5.74, 6) is -0.507. The molecule has 3 rings (SSSR count). The molecule has 0 fully saturated rings. The van der Waals surface area contributed by atoms with Gasteiger partial charge in [0, 0.05) is 7.05 Å². The van der Waals surface area contributed by atoms with Crippen LogP contribution in [0.3, 0.4) is 0 Å². The van der Waals surface area contributed by atoms with Crippen LogP contribution in [0.25, 0.3) is 0 Å². The van der Waals surface area contributed by atoms with Gasteiger partial charge in [-0.2, -0.15) is 0 Å². The van der Waals surface area contributed by atoms with Gasteiger partial charge in [-0.05, 0) is 23.3 Å². The Labute approximate surface area is 164 Å². The Morgan fingerprint density at radius 3 is 1.89 bits per heavy atom. The number of nitrogens with zero attached hydrogens (tertiary/aromatic N) is 1. The molecule has 0 bridgehead atoms. The fraction of sp³-hybridized carbons (Fsp3) is 0.130. The number of benzene rings is 3. The van der Waals surface area contributed by atoms with E-state index in [1.54, 1.807) is 36.2 Å². The minimum atomic E-state index is -0.595. The molecule has 0 heterocycles. The van der Waals surface area contributed by atoms with Crippen LogP contribution in [-0.2, 0) is 4.79 Å². The molecule has 0 unspecified atom stereocenters. The summed E-state index contributed by atoms with van der Waals surface area (Å²) in [6.07, 6.45) is 0. The second kappa shape index (κ2) is 8.86. The molecule has 0 spiro atoms. The molecule has 0 radical (unpaired) electrons. The van der Waals surface area contributed by atoms with Crippen molar-refractivity contribution >= 4 is 11.8 Å². The summed E-state index contributed by atoms with van der Waals surface area (Å²) in [6, 6.07) is 26.0. The van der Waals surface area contributed by atoms with Crippen LogP contribution in [0.5, 0.6) is 5.75 Å². The standard InChI is InChI=1S/C23H22N2O3/c1-25(21(26)16-28-20-15-9-8-14-19(20)23(24)27)22(17-10-4-2-5-11-17)18-12-6-3-7-13-18/h2-15,22H,16H2,1H3,(H2,24,27). The van der Waals surface area contributed by atoms with Crippen LogP contribution >= 0.6 is 0 Å². The number of amides is 2. The average molecular weight is 374 g/mol. The summed E-state index contributed by atoms with van der Waals surface area (Å²) in [4.78, 5) is 26.0. The zero-order valence-electron chi connectivity index (χ0n) is 15.6. The van der Waals surface area contributed by atoms with E-state index in [4.69, 9.17) is 10.5 Å². The largest absolute Gasteiger partial charge is 0.483 e. The van der Waals surface area contributed by atoms with Crippen molar-refractivity contribution in [2.24, 2.45) is 5.73 Å². The van der Waals surface area contributed by atoms with Gasteiger partial charge in [-0.25, -0.2) is 0 Å². The van der Waals surface area contributed by atoms with Gasteiger partial charge in [0.1, 0.15) is 5.75 Å². The first-order valence-corrected chi connectivity index (χ1v) is 8.95. The lowest BCUT2D eigenvalue weighted by Gasteiger charge is -2.29. The van der Waals surface area contributed by atoms with Crippen molar-refractivity contribution in [1.29, 1.82) is 0 Å². The number of carbonyl (C=O) groups excluding carboxylic acids is 2. The van der Waals surface area contributed by atoms with E-state index in [1.165, 1.54) is 0 Å². The summed E-state index contributed by atoms with van der Waals surface area (Å²) in [5, 5.41) is 0. The highest BCUT2D eigenvalue weighted by atomic mass is 16.5. The Morgan fingerprint density at radius 1 is 0.857 bits per heavy atom. The lowest BCUT2D eigenvalue weighted by molar-refractivity contribution is -0.133. The van der Waals surface area contributed by atoms with Crippen molar-refractivity contribution in [3.05, 3.63) is 102 Å². The minimum absolute atomic E-state index is 0.197. The molecule has 5 nitrogen and oxygen atoms in total. The number of carbonyl (C=O) groups is 2. The smallest absolute Gasteiger partial charge is 0.261 e. The van der Waals surface area contributed by atoms with Gasteiger partial charge in [-0.3, -0.25) is 9.59 Å². The molecule has 0 saturated heterocycles. The number of ether oxygens (including phenoxy) is 1. The quantitative estimate of drug-likeness (QED) is 0.689. The summed E-state index contributed by atoms with van der Waals surface area (Å²) in [6.45, 7) is -0.197. The fourth-order valence-electron chi connectivity index (χ4n) is 3.09. The molecule has 2 amide bonds. The number of hydrogen-bond acceptors (Lipinski definition) is 3. The van der Waals surface area contributed by atoms with Gasteiger partial charge in [0.15, 0.2) is 6.61 Å². The molecule has 5 heteroatoms. The van der Waals surface area contributed by atoms with Crippen molar-refractivity contribution < 1.29 is 14.3 Å². The lowest BCUT2D eigenvalue weighted by Crippen LogP contribution is -2.35. The number of nitrogens with two attached hydrogens (primary N) is 1. The van der Waals surface area contributed by atoms with Gasteiger partial charge in [-0.1, -0.05) is 72.8 Å². The SMILES string of the molecule is CN(C(=O)COc1ccccc1C(N)=O)C(c1ccccc1)c1ccccc1. The van der Waals surface area contributed by atoms with E-state index >= 15 is 0 Å². The number of rotatable bonds is 7. The van der Waals surface area contributed by atoms with E-state index in [9.17, 15) is 9.59 Å². The highest BCUT2D eigenvalue weighted by Crippen LogP contribution is 2.27. The molecule has 28 heavy (non-hydrogen) atoms. The Bertz CT molecular complexity index is 903. The first-order valence-electron chi connectivity index (χ1n) is 8.95. The topological polar surface area (TPSA) is 72.6 Å². The molecular weight excluding hydrogens is 352 g/mol. The molecule has 0 saturated carbocycles. The molecule has 2 N–H and O–H groups in total. The predicted octanol–water partition coefficient (Wildman–Crippen LogP) is 3.41. The summed E-state index contributed by atoms with van der Waals surface area (Å²) >= 11 is 0. The predicted molar refractivity (Wildman–Crippen MR) is 108 cm³/mol. The molecule has 0 aliphatic heterocycles. The molecule has 0 aromatic heterocycles. The maximum atomic E-state index is 12.9. The normalized spacial score (nSPS) is 10.5. The number of para-hydroxylation sites is 1. The lowest BCUT2D eigenvalue weighted by atomic mass is 9.97. The second-order valence-corrected chi connectivity index (χ2v) is 6.38. The van der Waals surface area contributed by atoms with Crippen LogP contribution in [0.2, 0.25) is 0 Å². The number of hydrogen-bond donors (Lipinski definition) is 1. The van der Waals surface area contributed by atoms with Crippen LogP contribution in [0.15, 0.2) is 84.9 Å². The van der Waals surface area contributed by atoms with E-state index in [1.807, 2.05) is 60.7 Å². The number of primary amides is 1. The summed E-state index contributed by atoms with van der Waals surface area (Å²) in [5.41, 5.74) is 7.62. The Balaban J connectivity index is 1.81. The Morgan fingerprint density at radius 2 is 1.36 bits per heavy atom. The third-order valence-corrected chi connectivity index (χ3v) is 4.51. The van der Waals surface area contributed by atoms with Gasteiger partial charge < -0.3 is 15.4 Å². The van der Waals surface area contributed by atoms with E-state index in [0.29, 0.717) is 5.75 Å². The monoisotopic (exact) mass is 374 g/mol. The van der Waals surface area contributed by atoms with Gasteiger partial charge in [-0.15, -0.1) is 0 Å². The van der Waals surface area contributed by atoms with Crippen molar-refractivity contribution in [3.8, 4) is 5.75 Å². The van der Waals surface area contributed by atoms with Crippen LogP contribution in [0.4, 0.5) is 0 Å². The van der Waals surface area contributed by atoms with E-state index < -0.39 is 5.91 Å². The van der Waals surface area contributed by atoms with E-state index in [0.717, 1.165) is 11.1 Å². The van der Waals surface area contributed by atoms with Crippen LogP contribution < -0.4 is 10.5 Å². The maximum Gasteiger partial charge on any atom is 0.261 e. The van der Waals surface area contributed by atoms with Crippen molar-refractivity contribution in [1.82, 2.24) is 4.90 Å². The third-order valence-electron chi connectivity index (χ3n) is 4.51. The molecule has 3 aromatic carbocycles. The molecule has 0 atom stereocenters. The zero-order chi connectivity index (χ0) is 19.9. The van der Waals surface area contributed by atoms with Crippen molar-refractivity contribution in [3.63, 3.8) is 0 Å². The molecule has 142 valence electrons. The maximum absolute atomic E-state index is 12.9. The Kier molecular flexibility index (Phi) is 6.07. The first kappa shape index (κ1) is 19.2. The Hall–Kier alpha value is -3.60. The van der Waals surface area contributed by atoms with Gasteiger partial charge in [0.05, 0.1) is 11.6 Å². The fourth-order valence-corrected chi connectivity index (χ4v) is 3.09. The van der Waals surface area contributed by atoms with Gasteiger partial charge in [0.25, 0.3) is 11.8 Å². The second-order valence-electron chi connectivity index (χ2n) is 6.38. The van der Waals surface area contributed by atoms with Crippen molar-refractivity contribution in [2.75, 3.05) is 13.7 Å². The van der Waals surface area contributed by atoms with Crippen LogP contribution in [0, 0.1) is 0 Å².